The Hall–Kier alpha value is -3.68. The number of methoxy groups -OCH3 is 2. The highest BCUT2D eigenvalue weighted by atomic mass is 16.5. The fourth-order valence-electron chi connectivity index (χ4n) is 4.25. The minimum absolute atomic E-state index is 0.112. The number of carbonyl (C=O) groups is 1. The number of hydrogen-bond acceptors (Lipinski definition) is 7. The lowest BCUT2D eigenvalue weighted by molar-refractivity contribution is -0.134. The van der Waals surface area contributed by atoms with Gasteiger partial charge in [-0.25, -0.2) is 9.97 Å². The number of carbonyl (C=O) groups excluding carboxylic acids is 1. The van der Waals surface area contributed by atoms with Crippen LogP contribution in [0.2, 0.25) is 0 Å². The van der Waals surface area contributed by atoms with Crippen molar-refractivity contribution in [1.29, 1.82) is 0 Å². The summed E-state index contributed by atoms with van der Waals surface area (Å²) in [6.45, 7) is 4.40. The maximum absolute atomic E-state index is 13.3. The molecule has 0 saturated carbocycles. The van der Waals surface area contributed by atoms with Gasteiger partial charge in [-0.1, -0.05) is 6.07 Å². The van der Waals surface area contributed by atoms with Gasteiger partial charge in [-0.05, 0) is 56.0 Å². The molecule has 0 N–H and O–H groups in total. The van der Waals surface area contributed by atoms with Crippen LogP contribution in [-0.4, -0.2) is 53.1 Å². The van der Waals surface area contributed by atoms with Gasteiger partial charge in [0.05, 0.1) is 26.0 Å². The van der Waals surface area contributed by atoms with Crippen LogP contribution in [0.1, 0.15) is 36.0 Å². The van der Waals surface area contributed by atoms with E-state index >= 15 is 0 Å². The number of pyridine rings is 1. The second-order valence-electron chi connectivity index (χ2n) is 7.93. The van der Waals surface area contributed by atoms with E-state index in [1.165, 1.54) is 0 Å². The second-order valence-corrected chi connectivity index (χ2v) is 7.93. The quantitative estimate of drug-likeness (QED) is 0.541. The van der Waals surface area contributed by atoms with E-state index in [2.05, 4.69) is 9.97 Å². The van der Waals surface area contributed by atoms with Gasteiger partial charge in [0.25, 0.3) is 5.91 Å². The molecule has 1 aromatic carbocycles. The van der Waals surface area contributed by atoms with Crippen molar-refractivity contribution in [1.82, 2.24) is 19.9 Å². The van der Waals surface area contributed by atoms with Gasteiger partial charge in [0, 0.05) is 30.7 Å². The summed E-state index contributed by atoms with van der Waals surface area (Å²) in [6, 6.07) is 7.17. The number of likely N-dealkylation sites (tertiary alicyclic amines) is 1. The summed E-state index contributed by atoms with van der Waals surface area (Å²) < 4.78 is 16.6. The molecule has 2 aromatic heterocycles. The molecule has 8 heteroatoms. The first kappa shape index (κ1) is 22.5. The summed E-state index contributed by atoms with van der Waals surface area (Å²) in [5.74, 6) is 2.01. The first-order chi connectivity index (χ1) is 16.0. The van der Waals surface area contributed by atoms with Crippen molar-refractivity contribution in [3.8, 4) is 28.4 Å². The molecule has 3 aromatic rings. The second kappa shape index (κ2) is 9.85. The van der Waals surface area contributed by atoms with E-state index in [1.807, 2.05) is 43.3 Å². The van der Waals surface area contributed by atoms with Crippen molar-refractivity contribution < 1.29 is 19.0 Å². The molecule has 1 saturated heterocycles. The molecule has 0 radical (unpaired) electrons. The lowest BCUT2D eigenvalue weighted by atomic mass is 9.97. The van der Waals surface area contributed by atoms with Gasteiger partial charge in [0.15, 0.2) is 18.1 Å². The van der Waals surface area contributed by atoms with Gasteiger partial charge in [0.2, 0.25) is 5.75 Å². The van der Waals surface area contributed by atoms with Crippen molar-refractivity contribution in [2.75, 3.05) is 27.4 Å². The number of rotatable bonds is 7. The smallest absolute Gasteiger partial charge is 0.261 e. The van der Waals surface area contributed by atoms with Crippen molar-refractivity contribution >= 4 is 5.91 Å². The number of aromatic nitrogens is 3. The molecule has 1 amide bonds. The topological polar surface area (TPSA) is 86.7 Å². The van der Waals surface area contributed by atoms with Crippen LogP contribution in [0.25, 0.3) is 11.1 Å². The van der Waals surface area contributed by atoms with Crippen LogP contribution in [0.5, 0.6) is 17.2 Å². The van der Waals surface area contributed by atoms with E-state index in [9.17, 15) is 4.79 Å². The predicted octanol–water partition coefficient (Wildman–Crippen LogP) is 3.92. The largest absolute Gasteiger partial charge is 0.493 e. The Morgan fingerprint density at radius 3 is 2.55 bits per heavy atom. The minimum Gasteiger partial charge on any atom is -0.493 e. The first-order valence-corrected chi connectivity index (χ1v) is 10.9. The predicted molar refractivity (Wildman–Crippen MR) is 123 cm³/mol. The highest BCUT2D eigenvalue weighted by Gasteiger charge is 2.33. The number of amides is 1. The van der Waals surface area contributed by atoms with E-state index in [0.717, 1.165) is 35.2 Å². The zero-order chi connectivity index (χ0) is 23.4. The third kappa shape index (κ3) is 4.60. The fraction of sp³-hybridized carbons (Fsp3) is 0.360. The average molecular weight is 449 g/mol. The van der Waals surface area contributed by atoms with Gasteiger partial charge < -0.3 is 19.1 Å². The van der Waals surface area contributed by atoms with Gasteiger partial charge >= 0.3 is 0 Å². The SMILES string of the molecule is COc1cccc(OC)c1OCC(=O)N1CCCC1c1nc(C)ncc1-c1ccncc1C. The van der Waals surface area contributed by atoms with E-state index < -0.39 is 0 Å². The molecule has 1 unspecified atom stereocenters. The Bertz CT molecular complexity index is 1130. The summed E-state index contributed by atoms with van der Waals surface area (Å²) in [5, 5.41) is 0. The molecule has 1 aliphatic rings. The first-order valence-electron chi connectivity index (χ1n) is 10.9. The van der Waals surface area contributed by atoms with Crippen LogP contribution >= 0.6 is 0 Å². The summed E-state index contributed by atoms with van der Waals surface area (Å²) in [6.07, 6.45) is 7.16. The Morgan fingerprint density at radius 2 is 1.85 bits per heavy atom. The maximum Gasteiger partial charge on any atom is 0.261 e. The lowest BCUT2D eigenvalue weighted by Crippen LogP contribution is -2.35. The van der Waals surface area contributed by atoms with Gasteiger partial charge in [-0.15, -0.1) is 0 Å². The monoisotopic (exact) mass is 448 g/mol. The summed E-state index contributed by atoms with van der Waals surface area (Å²) in [5.41, 5.74) is 3.85. The van der Waals surface area contributed by atoms with Crippen LogP contribution in [0, 0.1) is 13.8 Å². The van der Waals surface area contributed by atoms with Crippen LogP contribution in [0.3, 0.4) is 0 Å². The molecular weight excluding hydrogens is 420 g/mol. The number of benzene rings is 1. The van der Waals surface area contributed by atoms with Crippen LogP contribution < -0.4 is 14.2 Å². The molecule has 4 rings (SSSR count). The molecular formula is C25H28N4O4. The third-order valence-electron chi connectivity index (χ3n) is 5.86. The van der Waals surface area contributed by atoms with E-state index in [1.54, 1.807) is 32.5 Å². The molecule has 1 aliphatic heterocycles. The molecule has 0 bridgehead atoms. The van der Waals surface area contributed by atoms with Crippen molar-refractivity contribution in [2.24, 2.45) is 0 Å². The Labute approximate surface area is 193 Å². The van der Waals surface area contributed by atoms with Gasteiger partial charge in [0.1, 0.15) is 5.82 Å². The summed E-state index contributed by atoms with van der Waals surface area (Å²) in [4.78, 5) is 28.5. The summed E-state index contributed by atoms with van der Waals surface area (Å²) >= 11 is 0. The summed E-state index contributed by atoms with van der Waals surface area (Å²) in [7, 11) is 3.11. The number of nitrogens with zero attached hydrogens (tertiary/aromatic N) is 4. The molecule has 0 aliphatic carbocycles. The Morgan fingerprint density at radius 1 is 1.09 bits per heavy atom. The Balaban J connectivity index is 1.60. The normalized spacial score (nSPS) is 15.4. The number of hydrogen-bond donors (Lipinski definition) is 0. The average Bonchev–Trinajstić information content (AvgIpc) is 3.32. The van der Waals surface area contributed by atoms with E-state index in [4.69, 9.17) is 19.2 Å². The van der Waals surface area contributed by atoms with E-state index in [-0.39, 0.29) is 18.6 Å². The number of para-hydroxylation sites is 1. The minimum atomic E-state index is -0.148. The van der Waals surface area contributed by atoms with Gasteiger partial charge in [-0.3, -0.25) is 9.78 Å². The maximum atomic E-state index is 13.3. The molecule has 33 heavy (non-hydrogen) atoms. The van der Waals surface area contributed by atoms with Crippen molar-refractivity contribution in [3.05, 3.63) is 59.9 Å². The zero-order valence-corrected chi connectivity index (χ0v) is 19.4. The molecule has 172 valence electrons. The van der Waals surface area contributed by atoms with E-state index in [0.29, 0.717) is 29.6 Å². The molecule has 8 nitrogen and oxygen atoms in total. The molecule has 1 fully saturated rings. The zero-order valence-electron chi connectivity index (χ0n) is 19.4. The highest BCUT2D eigenvalue weighted by molar-refractivity contribution is 5.79. The number of ether oxygens (including phenoxy) is 3. The van der Waals surface area contributed by atoms with Crippen molar-refractivity contribution in [3.63, 3.8) is 0 Å². The van der Waals surface area contributed by atoms with Crippen LogP contribution in [0.4, 0.5) is 0 Å². The molecule has 3 heterocycles. The Kier molecular flexibility index (Phi) is 6.72. The van der Waals surface area contributed by atoms with Crippen LogP contribution in [0.15, 0.2) is 42.9 Å². The van der Waals surface area contributed by atoms with Gasteiger partial charge in [-0.2, -0.15) is 0 Å². The lowest BCUT2D eigenvalue weighted by Gasteiger charge is -2.26. The van der Waals surface area contributed by atoms with Crippen molar-refractivity contribution in [2.45, 2.75) is 32.7 Å². The fourth-order valence-corrected chi connectivity index (χ4v) is 4.25. The standard InChI is InChI=1S/C25H28N4O4/c1-16-13-26-11-10-18(16)19-14-27-17(2)28-24(19)20-7-6-12-29(20)23(30)15-33-25-21(31-3)8-5-9-22(25)32-4/h5,8-11,13-14,20H,6-7,12,15H2,1-4H3. The third-order valence-corrected chi connectivity index (χ3v) is 5.86. The molecule has 0 spiro atoms. The number of aryl methyl sites for hydroxylation is 2. The highest BCUT2D eigenvalue weighted by Crippen LogP contribution is 2.39. The van der Waals surface area contributed by atoms with Crippen LogP contribution in [-0.2, 0) is 4.79 Å². The molecule has 1 atom stereocenters.